The first-order valence-corrected chi connectivity index (χ1v) is 6.05. The Morgan fingerprint density at radius 2 is 2.26 bits per heavy atom. The van der Waals surface area contributed by atoms with Crippen molar-refractivity contribution < 1.29 is 14.4 Å². The third kappa shape index (κ3) is 4.44. The molecule has 0 bridgehead atoms. The van der Waals surface area contributed by atoms with Crippen LogP contribution >= 0.6 is 11.8 Å². The van der Waals surface area contributed by atoms with Crippen LogP contribution in [0.3, 0.4) is 0 Å². The molecule has 102 valence electrons. The lowest BCUT2D eigenvalue weighted by Gasteiger charge is -2.12. The number of nitriles is 1. The lowest BCUT2D eigenvalue weighted by Crippen LogP contribution is -2.14. The minimum absolute atomic E-state index is 0.0453. The van der Waals surface area contributed by atoms with Gasteiger partial charge in [0.2, 0.25) is 0 Å². The highest BCUT2D eigenvalue weighted by Gasteiger charge is 2.18. The highest BCUT2D eigenvalue weighted by atomic mass is 32.2. The van der Waals surface area contributed by atoms with Crippen molar-refractivity contribution in [1.82, 2.24) is 9.97 Å². The Kier molecular flexibility index (Phi) is 6.14. The summed E-state index contributed by atoms with van der Waals surface area (Å²) in [6.07, 6.45) is 1.67. The molecule has 0 aliphatic heterocycles. The fourth-order valence-corrected chi connectivity index (χ4v) is 1.81. The summed E-state index contributed by atoms with van der Waals surface area (Å²) in [6.45, 7) is 0. The van der Waals surface area contributed by atoms with E-state index >= 15 is 0 Å². The molecule has 1 aromatic rings. The average Bonchev–Trinajstić information content (AvgIpc) is 2.40. The van der Waals surface area contributed by atoms with Gasteiger partial charge in [-0.3, -0.25) is 10.1 Å². The van der Waals surface area contributed by atoms with Gasteiger partial charge in [0, 0.05) is 38.8 Å². The minimum Gasteiger partial charge on any atom is -0.356 e. The second kappa shape index (κ2) is 7.63. The van der Waals surface area contributed by atoms with E-state index in [0.717, 1.165) is 6.20 Å². The SMILES string of the molecule is COC(CCc1ncc([N+](=O)[O-])c(SC#N)n1)OC. The Balaban J connectivity index is 2.84. The molecule has 9 heteroatoms. The Labute approximate surface area is 113 Å². The van der Waals surface area contributed by atoms with Gasteiger partial charge < -0.3 is 9.47 Å². The fraction of sp³-hybridized carbons (Fsp3) is 0.500. The average molecular weight is 284 g/mol. The second-order valence-corrected chi connectivity index (χ2v) is 4.14. The van der Waals surface area contributed by atoms with Gasteiger partial charge in [0.05, 0.1) is 4.92 Å². The van der Waals surface area contributed by atoms with Gasteiger partial charge in [-0.1, -0.05) is 0 Å². The molecule has 0 atom stereocenters. The molecule has 1 heterocycles. The summed E-state index contributed by atoms with van der Waals surface area (Å²) in [4.78, 5) is 18.0. The van der Waals surface area contributed by atoms with Crippen molar-refractivity contribution in [2.75, 3.05) is 14.2 Å². The van der Waals surface area contributed by atoms with E-state index in [2.05, 4.69) is 9.97 Å². The zero-order valence-corrected chi connectivity index (χ0v) is 11.2. The van der Waals surface area contributed by atoms with Crippen LogP contribution in [-0.4, -0.2) is 35.4 Å². The molecule has 0 aromatic carbocycles. The molecular weight excluding hydrogens is 272 g/mol. The highest BCUT2D eigenvalue weighted by molar-refractivity contribution is 8.03. The van der Waals surface area contributed by atoms with Crippen molar-refractivity contribution in [3.05, 3.63) is 22.1 Å². The molecule has 1 rings (SSSR count). The number of thiocyanates is 1. The smallest absolute Gasteiger partial charge is 0.320 e. The predicted octanol–water partition coefficient (Wildman–Crippen LogP) is 1.51. The molecule has 0 radical (unpaired) electrons. The van der Waals surface area contributed by atoms with Gasteiger partial charge in [0.15, 0.2) is 11.3 Å². The summed E-state index contributed by atoms with van der Waals surface area (Å²) in [5.41, 5.74) is -0.273. The maximum absolute atomic E-state index is 10.7. The monoisotopic (exact) mass is 284 g/mol. The van der Waals surface area contributed by atoms with Crippen molar-refractivity contribution in [2.45, 2.75) is 24.2 Å². The van der Waals surface area contributed by atoms with Crippen molar-refractivity contribution in [2.24, 2.45) is 0 Å². The molecule has 0 amide bonds. The lowest BCUT2D eigenvalue weighted by molar-refractivity contribution is -0.388. The maximum atomic E-state index is 10.7. The van der Waals surface area contributed by atoms with E-state index in [1.807, 2.05) is 0 Å². The number of nitrogens with zero attached hydrogens (tertiary/aromatic N) is 4. The zero-order valence-electron chi connectivity index (χ0n) is 10.4. The van der Waals surface area contributed by atoms with Gasteiger partial charge >= 0.3 is 5.69 Å². The van der Waals surface area contributed by atoms with Gasteiger partial charge in [-0.05, 0) is 0 Å². The van der Waals surface area contributed by atoms with E-state index in [1.54, 1.807) is 5.40 Å². The van der Waals surface area contributed by atoms with Crippen LogP contribution in [-0.2, 0) is 15.9 Å². The third-order valence-electron chi connectivity index (χ3n) is 2.25. The van der Waals surface area contributed by atoms with Crippen LogP contribution in [0.25, 0.3) is 0 Å². The largest absolute Gasteiger partial charge is 0.356 e. The van der Waals surface area contributed by atoms with Crippen LogP contribution in [0.2, 0.25) is 0 Å². The van der Waals surface area contributed by atoms with E-state index in [0.29, 0.717) is 30.4 Å². The molecule has 19 heavy (non-hydrogen) atoms. The van der Waals surface area contributed by atoms with Gasteiger partial charge in [-0.2, -0.15) is 5.26 Å². The van der Waals surface area contributed by atoms with E-state index in [-0.39, 0.29) is 17.0 Å². The number of thioether (sulfide) groups is 1. The van der Waals surface area contributed by atoms with Gasteiger partial charge in [-0.25, -0.2) is 9.97 Å². The molecule has 0 saturated carbocycles. The highest BCUT2D eigenvalue weighted by Crippen LogP contribution is 2.25. The molecule has 1 aromatic heterocycles. The van der Waals surface area contributed by atoms with Crippen LogP contribution in [0, 0.1) is 20.8 Å². The molecule has 0 saturated heterocycles. The standard InChI is InChI=1S/C10H12N4O4S/c1-17-9(18-2)4-3-8-12-5-7(14(15)16)10(13-8)19-6-11/h5,9H,3-4H2,1-2H3. The topological polar surface area (TPSA) is 111 Å². The zero-order chi connectivity index (χ0) is 14.3. The number of rotatable bonds is 7. The fourth-order valence-electron chi connectivity index (χ4n) is 1.34. The summed E-state index contributed by atoms with van der Waals surface area (Å²) >= 11 is 0.640. The summed E-state index contributed by atoms with van der Waals surface area (Å²) in [5, 5.41) is 21.1. The molecule has 8 nitrogen and oxygen atoms in total. The lowest BCUT2D eigenvalue weighted by atomic mass is 10.3. The molecule has 0 aliphatic rings. The van der Waals surface area contributed by atoms with Crippen LogP contribution < -0.4 is 0 Å². The Morgan fingerprint density at radius 3 is 2.79 bits per heavy atom. The number of methoxy groups -OCH3 is 2. The minimum atomic E-state index is -0.615. The molecular formula is C10H12N4O4S. The first-order valence-electron chi connectivity index (χ1n) is 5.24. The van der Waals surface area contributed by atoms with E-state index in [4.69, 9.17) is 14.7 Å². The number of aryl methyl sites for hydroxylation is 1. The van der Waals surface area contributed by atoms with Crippen molar-refractivity contribution in [3.63, 3.8) is 0 Å². The molecule has 0 N–H and O–H groups in total. The van der Waals surface area contributed by atoms with Crippen LogP contribution in [0.1, 0.15) is 12.2 Å². The number of hydrogen-bond donors (Lipinski definition) is 0. The summed E-state index contributed by atoms with van der Waals surface area (Å²) < 4.78 is 10.0. The van der Waals surface area contributed by atoms with Crippen LogP contribution in [0.4, 0.5) is 5.69 Å². The van der Waals surface area contributed by atoms with Gasteiger partial charge in [0.25, 0.3) is 0 Å². The molecule has 0 spiro atoms. The third-order valence-corrected chi connectivity index (χ3v) is 2.84. The Hall–Kier alpha value is -1.76. The van der Waals surface area contributed by atoms with Crippen LogP contribution in [0.5, 0.6) is 0 Å². The van der Waals surface area contributed by atoms with Crippen LogP contribution in [0.15, 0.2) is 11.2 Å². The summed E-state index contributed by atoms with van der Waals surface area (Å²) in [6, 6.07) is 0. The van der Waals surface area contributed by atoms with Crippen molar-refractivity contribution >= 4 is 17.4 Å². The Bertz CT molecular complexity index is 487. The molecule has 0 unspecified atom stereocenters. The van der Waals surface area contributed by atoms with Gasteiger partial charge in [0.1, 0.15) is 17.4 Å². The van der Waals surface area contributed by atoms with Crippen molar-refractivity contribution in [1.29, 1.82) is 5.26 Å². The molecule has 0 aliphatic carbocycles. The van der Waals surface area contributed by atoms with E-state index < -0.39 is 4.92 Å². The number of nitro groups is 1. The first-order chi connectivity index (χ1) is 9.12. The normalized spacial score (nSPS) is 10.4. The van der Waals surface area contributed by atoms with E-state index in [9.17, 15) is 10.1 Å². The first kappa shape index (κ1) is 15.3. The number of hydrogen-bond acceptors (Lipinski definition) is 8. The molecule has 0 fully saturated rings. The summed E-state index contributed by atoms with van der Waals surface area (Å²) in [5.74, 6) is 0.405. The number of ether oxygens (including phenoxy) is 2. The van der Waals surface area contributed by atoms with Gasteiger partial charge in [-0.15, -0.1) is 0 Å². The quantitative estimate of drug-likeness (QED) is 0.185. The number of aromatic nitrogens is 2. The van der Waals surface area contributed by atoms with E-state index in [1.165, 1.54) is 14.2 Å². The predicted molar refractivity (Wildman–Crippen MR) is 66.3 cm³/mol. The summed E-state index contributed by atoms with van der Waals surface area (Å²) in [7, 11) is 3.03. The second-order valence-electron chi connectivity index (χ2n) is 3.37. The van der Waals surface area contributed by atoms with Crippen molar-refractivity contribution in [3.8, 4) is 5.40 Å². The maximum Gasteiger partial charge on any atom is 0.320 e. The Morgan fingerprint density at radius 1 is 1.58 bits per heavy atom.